The van der Waals surface area contributed by atoms with Crippen molar-refractivity contribution in [2.24, 2.45) is 29.4 Å². The van der Waals surface area contributed by atoms with Gasteiger partial charge in [-0.1, -0.05) is 23.2 Å². The maximum Gasteiger partial charge on any atom is 0.284 e. The van der Waals surface area contributed by atoms with Crippen LogP contribution in [0, 0.1) is 23.7 Å². The third-order valence-electron chi connectivity index (χ3n) is 8.44. The molecule has 4 aliphatic carbocycles. The maximum atomic E-state index is 13.2. The molecular weight excluding hydrogens is 593 g/mol. The minimum Gasteiger partial charge on any atom is -0.363 e. The number of anilines is 1. The molecule has 2 aromatic rings. The second-order valence-corrected chi connectivity index (χ2v) is 13.3. The Kier molecular flexibility index (Phi) is 8.53. The summed E-state index contributed by atoms with van der Waals surface area (Å²) in [5, 5.41) is 8.09. The molecule has 4 amide bonds. The van der Waals surface area contributed by atoms with Crippen molar-refractivity contribution in [3.8, 4) is 0 Å². The predicted molar refractivity (Wildman–Crippen MR) is 153 cm³/mol. The molecule has 5 N–H and O–H groups in total. The third-order valence-corrected chi connectivity index (χ3v) is 9.92. The first-order chi connectivity index (χ1) is 19.5. The molecule has 2 heterocycles. The van der Waals surface area contributed by atoms with E-state index in [4.69, 9.17) is 28.9 Å². The molecule has 218 valence electrons. The minimum absolute atomic E-state index is 0.0254. The molecule has 4 fully saturated rings. The highest BCUT2D eigenvalue weighted by Crippen LogP contribution is 2.58. The fourth-order valence-electron chi connectivity index (χ4n) is 6.72. The highest BCUT2D eigenvalue weighted by atomic mass is 35.5. The summed E-state index contributed by atoms with van der Waals surface area (Å²) in [6.45, 7) is -0.211. The maximum absolute atomic E-state index is 13.2. The first-order valence-electron chi connectivity index (χ1n) is 13.4. The van der Waals surface area contributed by atoms with Crippen molar-refractivity contribution in [2.75, 3.05) is 5.32 Å². The molecule has 6 atom stereocenters. The van der Waals surface area contributed by atoms with E-state index in [1.165, 1.54) is 35.4 Å². The second kappa shape index (κ2) is 11.9. The average molecular weight is 623 g/mol. The van der Waals surface area contributed by atoms with Crippen LogP contribution in [0.2, 0.25) is 8.67 Å². The third kappa shape index (κ3) is 6.34. The molecule has 2 aromatic heterocycles. The monoisotopic (exact) mass is 621 g/mol. The van der Waals surface area contributed by atoms with E-state index in [2.05, 4.69) is 16.0 Å². The van der Waals surface area contributed by atoms with E-state index < -0.39 is 41.5 Å². The molecule has 4 aliphatic rings. The van der Waals surface area contributed by atoms with Crippen molar-refractivity contribution in [1.82, 2.24) is 15.2 Å². The number of ketones is 1. The lowest BCUT2D eigenvalue weighted by atomic mass is 9.79. The van der Waals surface area contributed by atoms with Gasteiger partial charge in [-0.25, -0.2) is 0 Å². The Labute approximate surface area is 249 Å². The van der Waals surface area contributed by atoms with Crippen LogP contribution in [0.5, 0.6) is 0 Å². The Morgan fingerprint density at radius 3 is 2.54 bits per heavy atom. The average Bonchev–Trinajstić information content (AvgIpc) is 3.49. The fourth-order valence-corrected chi connectivity index (χ4v) is 8.18. The topological polar surface area (TPSA) is 169 Å². The number of aromatic nitrogens is 1. The summed E-state index contributed by atoms with van der Waals surface area (Å²) in [4.78, 5) is 75.0. The summed E-state index contributed by atoms with van der Waals surface area (Å²) < 4.78 is 1.56. The zero-order chi connectivity index (χ0) is 29.4. The minimum atomic E-state index is -1.33. The Hall–Kier alpha value is -3.22. The largest absolute Gasteiger partial charge is 0.363 e. The fraction of sp³-hybridized carbons (Fsp3) is 0.481. The molecule has 4 bridgehead atoms. The van der Waals surface area contributed by atoms with Crippen LogP contribution in [0.1, 0.15) is 48.9 Å². The van der Waals surface area contributed by atoms with Crippen LogP contribution in [0.25, 0.3) is 0 Å². The lowest BCUT2D eigenvalue weighted by Gasteiger charge is -2.32. The molecule has 11 nitrogen and oxygen atoms in total. The van der Waals surface area contributed by atoms with E-state index in [9.17, 15) is 28.8 Å². The zero-order valence-corrected chi connectivity index (χ0v) is 24.2. The van der Waals surface area contributed by atoms with Gasteiger partial charge in [0.1, 0.15) is 22.6 Å². The van der Waals surface area contributed by atoms with Crippen LogP contribution >= 0.6 is 34.5 Å². The van der Waals surface area contributed by atoms with Crippen molar-refractivity contribution >= 4 is 69.6 Å². The number of amides is 4. The summed E-state index contributed by atoms with van der Waals surface area (Å²) >= 11 is 12.9. The molecular formula is C27H29Cl2N5O6S. The van der Waals surface area contributed by atoms with E-state index in [0.717, 1.165) is 36.5 Å². The van der Waals surface area contributed by atoms with Crippen molar-refractivity contribution in [3.63, 3.8) is 0 Å². The number of hydrogen-bond donors (Lipinski definition) is 4. The first kappa shape index (κ1) is 29.3. The van der Waals surface area contributed by atoms with Gasteiger partial charge in [0.25, 0.3) is 17.4 Å². The Bertz CT molecular complexity index is 1470. The number of nitrogens with one attached hydrogen (secondary N) is 3. The van der Waals surface area contributed by atoms with Gasteiger partial charge in [0, 0.05) is 18.7 Å². The number of rotatable bonds is 11. The van der Waals surface area contributed by atoms with Gasteiger partial charge in [-0.15, -0.1) is 11.3 Å². The van der Waals surface area contributed by atoms with Gasteiger partial charge < -0.3 is 26.3 Å². The van der Waals surface area contributed by atoms with E-state index in [-0.39, 0.29) is 44.8 Å². The SMILES string of the molecule is NC(=O)C(=O)CC[C@H](NC(=O)c1cc(Cl)sc1Cl)C(=O)Nc1cccn(CC(=O)NC2C3CC4CC(C3)C2C4)c1=O. The Balaban J connectivity index is 1.26. The normalized spacial score (nSPS) is 24.6. The molecule has 0 spiro atoms. The van der Waals surface area contributed by atoms with Gasteiger partial charge >= 0.3 is 0 Å². The summed E-state index contributed by atoms with van der Waals surface area (Å²) in [6, 6.07) is 3.03. The molecule has 4 saturated carbocycles. The van der Waals surface area contributed by atoms with E-state index >= 15 is 0 Å². The quantitative estimate of drug-likeness (QED) is 0.281. The number of primary amides is 1. The van der Waals surface area contributed by atoms with Gasteiger partial charge in [0.15, 0.2) is 0 Å². The number of hydrogen-bond acceptors (Lipinski definition) is 7. The summed E-state index contributed by atoms with van der Waals surface area (Å²) in [6.07, 6.45) is 5.47. The van der Waals surface area contributed by atoms with Crippen LogP contribution in [0.15, 0.2) is 29.2 Å². The van der Waals surface area contributed by atoms with E-state index in [1.54, 1.807) is 0 Å². The number of Topliss-reactive ketones (excluding diaryl/α,β-unsaturated/α-hetero) is 1. The highest BCUT2D eigenvalue weighted by Gasteiger charge is 2.54. The highest BCUT2D eigenvalue weighted by molar-refractivity contribution is 7.20. The smallest absolute Gasteiger partial charge is 0.284 e. The molecule has 5 unspecified atom stereocenters. The van der Waals surface area contributed by atoms with Crippen molar-refractivity contribution in [3.05, 3.63) is 49.0 Å². The molecule has 14 heteroatoms. The van der Waals surface area contributed by atoms with Crippen molar-refractivity contribution in [2.45, 2.75) is 57.2 Å². The standard InChI is InChI=1S/C27H29Cl2N5O6S/c28-20-10-16(23(29)41-20)25(38)31-17(3-4-19(35)24(30)37)26(39)32-18-2-1-5-34(27(18)40)11-21(36)33-22-14-7-12-6-13(9-14)15(22)8-12/h1-2,5,10,12-15,17,22H,3-4,6-9,11H2,(H2,30,37)(H,31,38)(H,32,39)(H,33,36)/t12?,13?,14?,15?,17-,22?/m0/s1. The predicted octanol–water partition coefficient (Wildman–Crippen LogP) is 2.34. The number of carbonyl (C=O) groups is 5. The lowest BCUT2D eigenvalue weighted by Crippen LogP contribution is -2.46. The number of nitrogens with two attached hydrogens (primary N) is 1. The molecule has 41 heavy (non-hydrogen) atoms. The number of thiophene rings is 1. The summed E-state index contributed by atoms with van der Waals surface area (Å²) in [7, 11) is 0. The second-order valence-electron chi connectivity index (χ2n) is 11.0. The number of carbonyl (C=O) groups excluding carboxylic acids is 5. The number of pyridine rings is 1. The number of nitrogens with zero attached hydrogens (tertiary/aromatic N) is 1. The van der Waals surface area contributed by atoms with Gasteiger partial charge in [-0.05, 0) is 74.0 Å². The summed E-state index contributed by atoms with van der Waals surface area (Å²) in [5.41, 5.74) is 4.30. The van der Waals surface area contributed by atoms with Crippen LogP contribution in [-0.4, -0.2) is 46.1 Å². The van der Waals surface area contributed by atoms with Crippen LogP contribution in [-0.2, 0) is 25.7 Å². The van der Waals surface area contributed by atoms with Gasteiger partial charge in [0.05, 0.1) is 9.90 Å². The van der Waals surface area contributed by atoms with Crippen LogP contribution in [0.4, 0.5) is 5.69 Å². The van der Waals surface area contributed by atoms with Crippen LogP contribution < -0.4 is 27.2 Å². The zero-order valence-electron chi connectivity index (χ0n) is 21.9. The van der Waals surface area contributed by atoms with Crippen molar-refractivity contribution in [1.29, 1.82) is 0 Å². The molecule has 0 radical (unpaired) electrons. The van der Waals surface area contributed by atoms with E-state index in [1.807, 2.05) is 0 Å². The van der Waals surface area contributed by atoms with Gasteiger partial charge in [-0.2, -0.15) is 0 Å². The lowest BCUT2D eigenvalue weighted by molar-refractivity contribution is -0.136. The van der Waals surface area contributed by atoms with Gasteiger partial charge in [-0.3, -0.25) is 28.8 Å². The van der Waals surface area contributed by atoms with E-state index in [0.29, 0.717) is 17.8 Å². The first-order valence-corrected chi connectivity index (χ1v) is 15.0. The summed E-state index contributed by atoms with van der Waals surface area (Å²) in [5.74, 6) is -1.44. The Morgan fingerprint density at radius 2 is 1.85 bits per heavy atom. The van der Waals surface area contributed by atoms with Crippen molar-refractivity contribution < 1.29 is 24.0 Å². The molecule has 0 aromatic carbocycles. The Morgan fingerprint density at radius 1 is 1.10 bits per heavy atom. The molecule has 0 saturated heterocycles. The molecule has 0 aliphatic heterocycles. The molecule has 6 rings (SSSR count). The number of halogens is 2. The van der Waals surface area contributed by atoms with Gasteiger partial charge in [0.2, 0.25) is 17.6 Å². The van der Waals surface area contributed by atoms with Crippen LogP contribution in [0.3, 0.4) is 0 Å².